The van der Waals surface area contributed by atoms with Crippen LogP contribution in [-0.2, 0) is 4.79 Å². The first-order valence-electron chi connectivity index (χ1n) is 7.21. The van der Waals surface area contributed by atoms with Crippen molar-refractivity contribution < 1.29 is 9.18 Å². The first-order chi connectivity index (χ1) is 10.8. The van der Waals surface area contributed by atoms with E-state index in [1.165, 1.54) is 23.6 Å². The fraction of sp³-hybridized carbons (Fsp3) is 0.312. The second-order valence-corrected chi connectivity index (χ2v) is 7.40. The van der Waals surface area contributed by atoms with Crippen molar-refractivity contribution in [1.82, 2.24) is 14.4 Å². The van der Waals surface area contributed by atoms with Crippen molar-refractivity contribution in [3.8, 4) is 10.7 Å². The molecule has 3 aromatic heterocycles. The van der Waals surface area contributed by atoms with Crippen LogP contribution in [0.3, 0.4) is 0 Å². The third kappa shape index (κ3) is 3.39. The Morgan fingerprint density at radius 1 is 1.39 bits per heavy atom. The van der Waals surface area contributed by atoms with Crippen molar-refractivity contribution in [2.24, 2.45) is 5.41 Å². The summed E-state index contributed by atoms with van der Waals surface area (Å²) >= 11 is 1.41. The van der Waals surface area contributed by atoms with Crippen LogP contribution in [0.4, 0.5) is 10.2 Å². The zero-order valence-electron chi connectivity index (χ0n) is 13.1. The third-order valence-corrected chi connectivity index (χ3v) is 3.95. The number of anilines is 1. The number of halogens is 1. The lowest BCUT2D eigenvalue weighted by atomic mass is 9.92. The molecule has 5 nitrogen and oxygen atoms in total. The highest BCUT2D eigenvalue weighted by molar-refractivity contribution is 7.13. The summed E-state index contributed by atoms with van der Waals surface area (Å²) in [6.45, 7) is 5.98. The van der Waals surface area contributed by atoms with Gasteiger partial charge in [-0.25, -0.2) is 14.4 Å². The molecule has 0 saturated heterocycles. The number of hydrogen-bond acceptors (Lipinski definition) is 4. The summed E-state index contributed by atoms with van der Waals surface area (Å²) in [5, 5.41) is 5.34. The van der Waals surface area contributed by atoms with Crippen LogP contribution in [-0.4, -0.2) is 20.3 Å². The molecule has 0 unspecified atom stereocenters. The molecule has 0 fully saturated rings. The Labute approximate surface area is 137 Å². The first-order valence-corrected chi connectivity index (χ1v) is 8.09. The molecule has 0 aliphatic heterocycles. The number of nitrogens with one attached hydrogen (secondary N) is 1. The molecule has 0 aromatic carbocycles. The minimum absolute atomic E-state index is 0.126. The van der Waals surface area contributed by atoms with E-state index >= 15 is 0 Å². The van der Waals surface area contributed by atoms with E-state index in [1.54, 1.807) is 16.7 Å². The van der Waals surface area contributed by atoms with Crippen LogP contribution in [0, 0.1) is 11.2 Å². The summed E-state index contributed by atoms with van der Waals surface area (Å²) in [4.78, 5) is 20.9. The average molecular weight is 332 g/mol. The Morgan fingerprint density at radius 3 is 2.83 bits per heavy atom. The Kier molecular flexibility index (Phi) is 3.89. The highest BCUT2D eigenvalue weighted by atomic mass is 32.1. The minimum atomic E-state index is -0.375. The fourth-order valence-electron chi connectivity index (χ4n) is 2.31. The van der Waals surface area contributed by atoms with Crippen LogP contribution in [0.1, 0.15) is 27.2 Å². The molecule has 0 atom stereocenters. The Bertz CT molecular complexity index is 849. The van der Waals surface area contributed by atoms with Crippen molar-refractivity contribution in [2.75, 3.05) is 5.32 Å². The van der Waals surface area contributed by atoms with E-state index in [9.17, 15) is 9.18 Å². The van der Waals surface area contributed by atoms with Crippen LogP contribution < -0.4 is 5.32 Å². The molecule has 23 heavy (non-hydrogen) atoms. The van der Waals surface area contributed by atoms with Gasteiger partial charge in [0.1, 0.15) is 22.2 Å². The predicted octanol–water partition coefficient (Wildman–Crippen LogP) is 3.97. The molecule has 7 heteroatoms. The lowest BCUT2D eigenvalue weighted by Gasteiger charge is -2.16. The van der Waals surface area contributed by atoms with Crippen molar-refractivity contribution >= 4 is 28.7 Å². The Morgan fingerprint density at radius 2 is 2.17 bits per heavy atom. The number of carbonyl (C=O) groups is 1. The van der Waals surface area contributed by atoms with Crippen LogP contribution in [0.15, 0.2) is 29.9 Å². The zero-order chi connectivity index (χ0) is 16.6. The lowest BCUT2D eigenvalue weighted by molar-refractivity contribution is -0.117. The lowest BCUT2D eigenvalue weighted by Crippen LogP contribution is -2.20. The highest BCUT2D eigenvalue weighted by Gasteiger charge is 2.21. The van der Waals surface area contributed by atoms with Gasteiger partial charge >= 0.3 is 0 Å². The number of fused-ring (bicyclic) bond motifs is 1. The second-order valence-electron chi connectivity index (χ2n) is 6.51. The molecule has 0 aliphatic rings. The molecule has 120 valence electrons. The van der Waals surface area contributed by atoms with Gasteiger partial charge in [-0.3, -0.25) is 9.20 Å². The fourth-order valence-corrected chi connectivity index (χ4v) is 2.99. The van der Waals surface area contributed by atoms with Gasteiger partial charge < -0.3 is 5.32 Å². The average Bonchev–Trinajstić information content (AvgIpc) is 3.02. The van der Waals surface area contributed by atoms with Crippen LogP contribution in [0.5, 0.6) is 0 Å². The maximum Gasteiger partial charge on any atom is 0.226 e. The summed E-state index contributed by atoms with van der Waals surface area (Å²) in [5.74, 6) is -0.0979. The number of thiazole rings is 1. The molecule has 1 N–H and O–H groups in total. The van der Waals surface area contributed by atoms with E-state index in [0.717, 1.165) is 0 Å². The van der Waals surface area contributed by atoms with Gasteiger partial charge in [0.05, 0.1) is 0 Å². The van der Waals surface area contributed by atoms with Gasteiger partial charge in [-0.2, -0.15) is 0 Å². The van der Waals surface area contributed by atoms with Gasteiger partial charge in [-0.05, 0) is 17.5 Å². The standard InChI is InChI=1S/C16H17FN4OS/c1-16(2,3)8-12(22)20-14-13(15-18-6-7-23-15)21-9-10(17)4-5-11(21)19-14/h4-7,9H,8H2,1-3H3,(H,20,22). The van der Waals surface area contributed by atoms with Gasteiger partial charge in [-0.15, -0.1) is 11.3 Å². The summed E-state index contributed by atoms with van der Waals surface area (Å²) in [6, 6.07) is 2.92. The molecule has 0 saturated carbocycles. The van der Waals surface area contributed by atoms with Crippen LogP contribution in [0.2, 0.25) is 0 Å². The van der Waals surface area contributed by atoms with Crippen molar-refractivity contribution in [3.63, 3.8) is 0 Å². The van der Waals surface area contributed by atoms with E-state index in [4.69, 9.17) is 0 Å². The van der Waals surface area contributed by atoms with Crippen LogP contribution in [0.25, 0.3) is 16.3 Å². The smallest absolute Gasteiger partial charge is 0.226 e. The number of carbonyl (C=O) groups excluding carboxylic acids is 1. The normalized spacial score (nSPS) is 11.8. The zero-order valence-corrected chi connectivity index (χ0v) is 13.9. The molecule has 3 aromatic rings. The van der Waals surface area contributed by atoms with E-state index < -0.39 is 0 Å². The molecule has 0 aliphatic carbocycles. The maximum atomic E-state index is 13.6. The summed E-state index contributed by atoms with van der Waals surface area (Å²) in [5.41, 5.74) is 1.02. The minimum Gasteiger partial charge on any atom is -0.309 e. The van der Waals surface area contributed by atoms with E-state index in [-0.39, 0.29) is 17.1 Å². The molecule has 0 spiro atoms. The predicted molar refractivity (Wildman–Crippen MR) is 89.0 cm³/mol. The van der Waals surface area contributed by atoms with Crippen molar-refractivity contribution in [3.05, 3.63) is 35.7 Å². The number of pyridine rings is 1. The third-order valence-electron chi connectivity index (χ3n) is 3.17. The monoisotopic (exact) mass is 332 g/mol. The van der Waals surface area contributed by atoms with Gasteiger partial charge in [0.25, 0.3) is 0 Å². The van der Waals surface area contributed by atoms with E-state index in [0.29, 0.717) is 28.6 Å². The molecule has 0 bridgehead atoms. The number of rotatable bonds is 3. The SMILES string of the molecule is CC(C)(C)CC(=O)Nc1nc2ccc(F)cn2c1-c1nccs1. The summed E-state index contributed by atoms with van der Waals surface area (Å²) in [7, 11) is 0. The second kappa shape index (κ2) is 5.73. The van der Waals surface area contributed by atoms with Gasteiger partial charge in [-0.1, -0.05) is 20.8 Å². The Balaban J connectivity index is 2.06. The summed E-state index contributed by atoms with van der Waals surface area (Å²) < 4.78 is 15.2. The summed E-state index contributed by atoms with van der Waals surface area (Å²) in [6.07, 6.45) is 3.38. The first kappa shape index (κ1) is 15.6. The van der Waals surface area contributed by atoms with Gasteiger partial charge in [0.15, 0.2) is 5.82 Å². The highest BCUT2D eigenvalue weighted by Crippen LogP contribution is 2.31. The number of amides is 1. The van der Waals surface area contributed by atoms with E-state index in [1.807, 2.05) is 26.2 Å². The van der Waals surface area contributed by atoms with E-state index in [2.05, 4.69) is 15.3 Å². The largest absolute Gasteiger partial charge is 0.309 e. The Hall–Kier alpha value is -2.28. The van der Waals surface area contributed by atoms with Crippen molar-refractivity contribution in [2.45, 2.75) is 27.2 Å². The van der Waals surface area contributed by atoms with Gasteiger partial charge in [0, 0.05) is 24.2 Å². The number of aromatic nitrogens is 3. The molecular weight excluding hydrogens is 315 g/mol. The molecular formula is C16H17FN4OS. The number of nitrogens with zero attached hydrogens (tertiary/aromatic N) is 3. The molecule has 1 amide bonds. The quantitative estimate of drug-likeness (QED) is 0.789. The van der Waals surface area contributed by atoms with Crippen molar-refractivity contribution in [1.29, 1.82) is 0 Å². The number of imidazole rings is 1. The molecule has 0 radical (unpaired) electrons. The van der Waals surface area contributed by atoms with Gasteiger partial charge in [0.2, 0.25) is 5.91 Å². The topological polar surface area (TPSA) is 59.3 Å². The van der Waals surface area contributed by atoms with Crippen LogP contribution >= 0.6 is 11.3 Å². The maximum absolute atomic E-state index is 13.6. The molecule has 3 rings (SSSR count). The molecule has 3 heterocycles. The number of hydrogen-bond donors (Lipinski definition) is 1.